The molecule has 0 unspecified atom stereocenters. The average molecular weight is 441 g/mol. The lowest BCUT2D eigenvalue weighted by Gasteiger charge is -2.13. The van der Waals surface area contributed by atoms with Gasteiger partial charge in [0.05, 0.1) is 12.2 Å². The number of amides is 1. The Balaban J connectivity index is 0.000000269. The Morgan fingerprint density at radius 2 is 2.00 bits per heavy atom. The molecule has 0 saturated carbocycles. The van der Waals surface area contributed by atoms with Gasteiger partial charge in [-0.1, -0.05) is 11.6 Å². The van der Waals surface area contributed by atoms with Crippen molar-refractivity contribution in [3.05, 3.63) is 53.0 Å². The summed E-state index contributed by atoms with van der Waals surface area (Å²) in [5, 5.41) is 3.13. The number of amidine groups is 1. The topological polar surface area (TPSA) is 138 Å². The van der Waals surface area contributed by atoms with E-state index in [9.17, 15) is 13.6 Å². The van der Waals surface area contributed by atoms with Crippen molar-refractivity contribution >= 4 is 35.0 Å². The first-order valence-electron chi connectivity index (χ1n) is 8.48. The predicted octanol–water partition coefficient (Wildman–Crippen LogP) is 2.84. The van der Waals surface area contributed by atoms with Gasteiger partial charge in [-0.2, -0.15) is 4.98 Å². The van der Waals surface area contributed by atoms with Crippen LogP contribution in [0.5, 0.6) is 5.88 Å². The summed E-state index contributed by atoms with van der Waals surface area (Å²) in [7, 11) is 0. The van der Waals surface area contributed by atoms with Crippen LogP contribution in [0.2, 0.25) is 5.02 Å². The number of nitrogens with two attached hydrogens (primary N) is 2. The van der Waals surface area contributed by atoms with Gasteiger partial charge in [-0.15, -0.1) is 0 Å². The molecular weight excluding hydrogens is 422 g/mol. The first-order chi connectivity index (χ1) is 14.3. The van der Waals surface area contributed by atoms with Crippen LogP contribution in [-0.4, -0.2) is 41.5 Å². The molecule has 1 aliphatic heterocycles. The highest BCUT2D eigenvalue weighted by Crippen LogP contribution is 2.16. The lowest BCUT2D eigenvalue weighted by Crippen LogP contribution is -2.23. The Labute approximate surface area is 175 Å². The Kier molecular flexibility index (Phi) is 8.29. The van der Waals surface area contributed by atoms with Crippen molar-refractivity contribution in [3.63, 3.8) is 0 Å². The number of nitrogen functional groups attached to an aromatic ring is 1. The number of alkyl halides is 2. The van der Waals surface area contributed by atoms with Crippen LogP contribution >= 0.6 is 11.6 Å². The fourth-order valence-corrected chi connectivity index (χ4v) is 2.31. The minimum atomic E-state index is -1.05. The van der Waals surface area contributed by atoms with Crippen LogP contribution in [0.4, 0.5) is 20.3 Å². The van der Waals surface area contributed by atoms with Gasteiger partial charge in [-0.25, -0.2) is 18.8 Å². The summed E-state index contributed by atoms with van der Waals surface area (Å²) in [6, 6.07) is 6.49. The van der Waals surface area contributed by atoms with E-state index in [1.807, 2.05) is 6.92 Å². The number of nitrogens with one attached hydrogen (secondary N) is 1. The van der Waals surface area contributed by atoms with Gasteiger partial charge in [0.2, 0.25) is 12.7 Å². The van der Waals surface area contributed by atoms with Crippen molar-refractivity contribution in [2.24, 2.45) is 10.7 Å². The predicted molar refractivity (Wildman–Crippen MR) is 109 cm³/mol. The summed E-state index contributed by atoms with van der Waals surface area (Å²) < 4.78 is 33.1. The Hall–Kier alpha value is -3.47. The average Bonchev–Trinajstić information content (AvgIpc) is 2.70. The standard InChI is InChI=1S/C12H10ClFN4O2.C6H9FN2O/c13-7-1-3-8(4-2-7)17-12(19)10-11(15)18-9(5-16-10)20-6-14;1-4-2-5(3-7)10-6(8)9-4/h1-5H,6H2,(H2,15,18)(H,17,19);2,4H,3H2,1H3,(H2,8,9)/t;4-/m.0/s1. The molecular formula is C18H19ClF2N6O3. The van der Waals surface area contributed by atoms with Gasteiger partial charge in [-0.3, -0.25) is 4.79 Å². The Morgan fingerprint density at radius 3 is 2.57 bits per heavy atom. The van der Waals surface area contributed by atoms with Crippen molar-refractivity contribution in [2.45, 2.75) is 13.0 Å². The molecule has 2 aromatic rings. The molecule has 0 saturated heterocycles. The summed E-state index contributed by atoms with van der Waals surface area (Å²) >= 11 is 5.74. The van der Waals surface area contributed by atoms with Crippen LogP contribution in [0.25, 0.3) is 0 Å². The third kappa shape index (κ3) is 6.85. The molecule has 160 valence electrons. The molecule has 1 aliphatic rings. The lowest BCUT2D eigenvalue weighted by molar-refractivity contribution is 0.102. The first-order valence-corrected chi connectivity index (χ1v) is 8.86. The van der Waals surface area contributed by atoms with Crippen molar-refractivity contribution in [3.8, 4) is 5.88 Å². The van der Waals surface area contributed by atoms with Gasteiger partial charge in [0.1, 0.15) is 12.4 Å². The molecule has 0 aliphatic carbocycles. The SMILES string of the molecule is C[C@H]1C=C(CF)OC(N)=N1.Nc1nc(OCF)cnc1C(=O)Nc1ccc(Cl)cc1. The highest BCUT2D eigenvalue weighted by molar-refractivity contribution is 6.30. The molecule has 0 fully saturated rings. The van der Waals surface area contributed by atoms with Crippen molar-refractivity contribution < 1.29 is 23.0 Å². The van der Waals surface area contributed by atoms with Crippen LogP contribution in [0.15, 0.2) is 47.3 Å². The van der Waals surface area contributed by atoms with E-state index in [4.69, 9.17) is 27.8 Å². The highest BCUT2D eigenvalue weighted by atomic mass is 35.5. The molecule has 1 atom stereocenters. The van der Waals surface area contributed by atoms with E-state index in [-0.39, 0.29) is 35.2 Å². The summed E-state index contributed by atoms with van der Waals surface area (Å²) in [5.41, 5.74) is 11.2. The van der Waals surface area contributed by atoms with Crippen molar-refractivity contribution in [2.75, 3.05) is 24.6 Å². The van der Waals surface area contributed by atoms with E-state index in [2.05, 4.69) is 25.0 Å². The third-order valence-electron chi connectivity index (χ3n) is 3.42. The second-order valence-corrected chi connectivity index (χ2v) is 6.17. The van der Waals surface area contributed by atoms with Crippen LogP contribution < -0.4 is 21.5 Å². The first kappa shape index (κ1) is 22.8. The van der Waals surface area contributed by atoms with Crippen LogP contribution in [0.1, 0.15) is 17.4 Å². The second-order valence-electron chi connectivity index (χ2n) is 5.73. The number of halogens is 3. The number of rotatable bonds is 5. The minimum absolute atomic E-state index is 0.0441. The van der Waals surface area contributed by atoms with Gasteiger partial charge in [0.25, 0.3) is 11.9 Å². The van der Waals surface area contributed by atoms with Crippen LogP contribution in [-0.2, 0) is 4.74 Å². The largest absolute Gasteiger partial charge is 0.445 e. The fourth-order valence-electron chi connectivity index (χ4n) is 2.18. The van der Waals surface area contributed by atoms with Crippen molar-refractivity contribution in [1.29, 1.82) is 0 Å². The maximum Gasteiger partial charge on any atom is 0.287 e. The molecule has 3 rings (SSSR count). The summed E-state index contributed by atoms with van der Waals surface area (Å²) in [6.07, 6.45) is 2.71. The number of carbonyl (C=O) groups is 1. The zero-order chi connectivity index (χ0) is 22.1. The Bertz CT molecular complexity index is 940. The normalized spacial score (nSPS) is 15.0. The maximum atomic E-state index is 12.0. The fraction of sp³-hybridized carbons (Fsp3) is 0.222. The van der Waals surface area contributed by atoms with Crippen LogP contribution in [0.3, 0.4) is 0 Å². The van der Waals surface area contributed by atoms with Gasteiger partial charge in [0, 0.05) is 10.7 Å². The molecule has 2 heterocycles. The number of allylic oxidation sites excluding steroid dienone is 1. The third-order valence-corrected chi connectivity index (χ3v) is 3.67. The van der Waals surface area contributed by atoms with Gasteiger partial charge < -0.3 is 26.3 Å². The molecule has 0 spiro atoms. The molecule has 0 radical (unpaired) electrons. The monoisotopic (exact) mass is 440 g/mol. The summed E-state index contributed by atoms with van der Waals surface area (Å²) in [6.45, 7) is 0.135. The van der Waals surface area contributed by atoms with E-state index in [1.165, 1.54) is 0 Å². The lowest BCUT2D eigenvalue weighted by atomic mass is 10.3. The summed E-state index contributed by atoms with van der Waals surface area (Å²) in [4.78, 5) is 23.3. The van der Waals surface area contributed by atoms with E-state index in [0.717, 1.165) is 6.20 Å². The molecule has 12 heteroatoms. The Morgan fingerprint density at radius 1 is 1.30 bits per heavy atom. The minimum Gasteiger partial charge on any atom is -0.445 e. The number of carbonyl (C=O) groups excluding carboxylic acids is 1. The number of hydrogen-bond acceptors (Lipinski definition) is 8. The van der Waals surface area contributed by atoms with Gasteiger partial charge in [0.15, 0.2) is 11.5 Å². The number of nitrogens with zero attached hydrogens (tertiary/aromatic N) is 3. The van der Waals surface area contributed by atoms with E-state index < -0.39 is 19.4 Å². The number of benzene rings is 1. The van der Waals surface area contributed by atoms with Crippen LogP contribution in [0, 0.1) is 0 Å². The highest BCUT2D eigenvalue weighted by Gasteiger charge is 2.14. The molecule has 9 nitrogen and oxygen atoms in total. The molecule has 5 N–H and O–H groups in total. The van der Waals surface area contributed by atoms with E-state index >= 15 is 0 Å². The van der Waals surface area contributed by atoms with E-state index in [0.29, 0.717) is 10.7 Å². The quantitative estimate of drug-likeness (QED) is 0.649. The zero-order valence-electron chi connectivity index (χ0n) is 15.8. The smallest absolute Gasteiger partial charge is 0.287 e. The number of aromatic nitrogens is 2. The molecule has 1 aromatic carbocycles. The number of anilines is 2. The molecule has 1 aromatic heterocycles. The second kappa shape index (κ2) is 10.9. The number of ether oxygens (including phenoxy) is 2. The van der Waals surface area contributed by atoms with Gasteiger partial charge in [-0.05, 0) is 37.3 Å². The van der Waals surface area contributed by atoms with E-state index in [1.54, 1.807) is 30.3 Å². The van der Waals surface area contributed by atoms with Gasteiger partial charge >= 0.3 is 0 Å². The molecule has 30 heavy (non-hydrogen) atoms. The summed E-state index contributed by atoms with van der Waals surface area (Å²) in [5.74, 6) is -0.528. The van der Waals surface area contributed by atoms with Crippen molar-refractivity contribution in [1.82, 2.24) is 9.97 Å². The number of aliphatic imine (C=N–C) groups is 1. The molecule has 0 bridgehead atoms. The zero-order valence-corrected chi connectivity index (χ0v) is 16.6. The number of hydrogen-bond donors (Lipinski definition) is 3. The maximum absolute atomic E-state index is 12.0. The molecule has 1 amide bonds.